The van der Waals surface area contributed by atoms with Crippen LogP contribution in [0.4, 0.5) is 5.82 Å². The lowest BCUT2D eigenvalue weighted by Gasteiger charge is -2.40. The van der Waals surface area contributed by atoms with E-state index in [4.69, 9.17) is 20.9 Å². The van der Waals surface area contributed by atoms with Gasteiger partial charge in [0, 0.05) is 37.5 Å². The number of fused-ring (bicyclic) bond motifs is 2. The number of ether oxygens (including phenoxy) is 2. The molecule has 1 amide bonds. The van der Waals surface area contributed by atoms with E-state index < -0.39 is 0 Å². The van der Waals surface area contributed by atoms with Crippen molar-refractivity contribution in [3.63, 3.8) is 0 Å². The van der Waals surface area contributed by atoms with E-state index in [-0.39, 0.29) is 18.1 Å². The summed E-state index contributed by atoms with van der Waals surface area (Å²) < 4.78 is 14.2. The first-order valence-electron chi connectivity index (χ1n) is 14.0. The third-order valence-electron chi connectivity index (χ3n) is 9.13. The van der Waals surface area contributed by atoms with E-state index in [0.29, 0.717) is 36.2 Å². The fraction of sp³-hybridized carbons (Fsp3) is 0.552. The maximum Gasteiger partial charge on any atom is 0.235 e. The average Bonchev–Trinajstić information content (AvgIpc) is 3.38. The van der Waals surface area contributed by atoms with Crippen molar-refractivity contribution >= 4 is 22.8 Å². The van der Waals surface area contributed by atoms with Crippen LogP contribution < -0.4 is 16.2 Å². The van der Waals surface area contributed by atoms with Crippen LogP contribution in [0.25, 0.3) is 22.2 Å². The van der Waals surface area contributed by atoms with E-state index >= 15 is 0 Å². The third kappa shape index (κ3) is 4.31. The summed E-state index contributed by atoms with van der Waals surface area (Å²) >= 11 is 0. The molecule has 2 aliphatic heterocycles. The van der Waals surface area contributed by atoms with Gasteiger partial charge in [-0.2, -0.15) is 0 Å². The zero-order chi connectivity index (χ0) is 25.8. The standard InChI is InChI=1S/C29H36N6O3/c30-27-25-24(18-4-3-6-21(10-18)38-15-22-5-1-2-7-37-22)14-35(29(25)33-16-32-27)20-8-17(9-20)12-34-13-19-11-23(19)26(34)28(31)36/h3-4,6,10,14,16-17,19-20,22-23,26H,1-2,5,7-9,11-13,15H2,(H2,31,36)(H2,30,32,33)/t17?,19-,20?,22?,23-,26+/m1/s1. The first-order chi connectivity index (χ1) is 18.5. The second-order valence-corrected chi connectivity index (χ2v) is 11.7. The number of nitrogen functional groups attached to an aromatic ring is 1. The molecule has 7 rings (SSSR count). The number of primary amides is 1. The molecule has 2 saturated carbocycles. The normalized spacial score (nSPS) is 30.6. The number of hydrogen-bond acceptors (Lipinski definition) is 7. The number of nitrogens with zero attached hydrogens (tertiary/aromatic N) is 4. The number of anilines is 1. The molecule has 4 N–H and O–H groups in total. The number of aromatic nitrogens is 3. The zero-order valence-corrected chi connectivity index (χ0v) is 21.7. The number of benzene rings is 1. The second kappa shape index (κ2) is 9.54. The van der Waals surface area contributed by atoms with Crippen molar-refractivity contribution in [3.8, 4) is 16.9 Å². The Morgan fingerprint density at radius 3 is 2.89 bits per heavy atom. The Balaban J connectivity index is 1.09. The monoisotopic (exact) mass is 516 g/mol. The molecule has 4 aliphatic rings. The molecular weight excluding hydrogens is 480 g/mol. The largest absolute Gasteiger partial charge is 0.491 e. The van der Waals surface area contributed by atoms with Crippen LogP contribution in [0, 0.1) is 17.8 Å². The van der Waals surface area contributed by atoms with E-state index in [2.05, 4.69) is 37.8 Å². The van der Waals surface area contributed by atoms with Crippen molar-refractivity contribution in [1.82, 2.24) is 19.4 Å². The van der Waals surface area contributed by atoms with Crippen LogP contribution in [0.15, 0.2) is 36.8 Å². The van der Waals surface area contributed by atoms with Gasteiger partial charge in [-0.25, -0.2) is 9.97 Å². The van der Waals surface area contributed by atoms with Crippen LogP contribution in [0.3, 0.4) is 0 Å². The Kier molecular flexibility index (Phi) is 6.00. The maximum absolute atomic E-state index is 12.0. The van der Waals surface area contributed by atoms with Gasteiger partial charge < -0.3 is 25.5 Å². The number of amides is 1. The molecule has 4 heterocycles. The van der Waals surface area contributed by atoms with Gasteiger partial charge in [0.25, 0.3) is 0 Å². The van der Waals surface area contributed by atoms with E-state index in [0.717, 1.165) is 79.7 Å². The molecule has 0 bridgehead atoms. The second-order valence-electron chi connectivity index (χ2n) is 11.7. The molecule has 0 spiro atoms. The number of carbonyl (C=O) groups excluding carboxylic acids is 1. The summed E-state index contributed by atoms with van der Waals surface area (Å²) in [5, 5.41) is 0.886. The maximum atomic E-state index is 12.0. The predicted molar refractivity (Wildman–Crippen MR) is 144 cm³/mol. The van der Waals surface area contributed by atoms with Crippen molar-refractivity contribution in [2.75, 3.05) is 32.0 Å². The van der Waals surface area contributed by atoms with Crippen LogP contribution in [0.1, 0.15) is 44.6 Å². The van der Waals surface area contributed by atoms with Gasteiger partial charge in [0.1, 0.15) is 30.1 Å². The molecular formula is C29H36N6O3. The molecule has 3 aromatic rings. The van der Waals surface area contributed by atoms with Crippen molar-refractivity contribution in [3.05, 3.63) is 36.8 Å². The average molecular weight is 517 g/mol. The minimum atomic E-state index is -0.156. The molecule has 1 unspecified atom stereocenters. The molecule has 0 radical (unpaired) electrons. The van der Waals surface area contributed by atoms with Crippen molar-refractivity contribution in [2.24, 2.45) is 23.5 Å². The summed E-state index contributed by atoms with van der Waals surface area (Å²) in [5.74, 6) is 2.88. The Bertz CT molecular complexity index is 1350. The summed E-state index contributed by atoms with van der Waals surface area (Å²) in [4.78, 5) is 23.3. The number of rotatable bonds is 8. The summed E-state index contributed by atoms with van der Waals surface area (Å²) in [6.45, 7) is 3.35. The van der Waals surface area contributed by atoms with Gasteiger partial charge in [0.05, 0.1) is 17.5 Å². The van der Waals surface area contributed by atoms with Gasteiger partial charge in [-0.05, 0) is 74.0 Å². The van der Waals surface area contributed by atoms with Gasteiger partial charge in [-0.1, -0.05) is 12.1 Å². The number of hydrogen-bond donors (Lipinski definition) is 2. The predicted octanol–water partition coefficient (Wildman–Crippen LogP) is 3.39. The number of likely N-dealkylation sites (tertiary alicyclic amines) is 1. The Hall–Kier alpha value is -3.17. The fourth-order valence-corrected chi connectivity index (χ4v) is 7.03. The van der Waals surface area contributed by atoms with E-state index in [1.807, 2.05) is 12.1 Å². The van der Waals surface area contributed by atoms with Gasteiger partial charge in [0.2, 0.25) is 5.91 Å². The molecule has 9 heteroatoms. The van der Waals surface area contributed by atoms with Crippen LogP contribution in [-0.2, 0) is 9.53 Å². The highest BCUT2D eigenvalue weighted by atomic mass is 16.5. The molecule has 38 heavy (non-hydrogen) atoms. The number of carbonyl (C=O) groups is 1. The van der Waals surface area contributed by atoms with Crippen molar-refractivity contribution in [1.29, 1.82) is 0 Å². The third-order valence-corrected chi connectivity index (χ3v) is 9.13. The van der Waals surface area contributed by atoms with Gasteiger partial charge in [-0.3, -0.25) is 9.69 Å². The molecule has 2 saturated heterocycles. The Labute approximate surface area is 222 Å². The molecule has 1 aromatic carbocycles. The number of nitrogens with two attached hydrogens (primary N) is 2. The van der Waals surface area contributed by atoms with E-state index in [1.54, 1.807) is 6.33 Å². The van der Waals surface area contributed by atoms with Gasteiger partial charge in [0.15, 0.2) is 0 Å². The Morgan fingerprint density at radius 2 is 2.08 bits per heavy atom. The lowest BCUT2D eigenvalue weighted by molar-refractivity contribution is -0.123. The molecule has 200 valence electrons. The molecule has 2 aromatic heterocycles. The van der Waals surface area contributed by atoms with Crippen molar-refractivity contribution < 1.29 is 14.3 Å². The van der Waals surface area contributed by atoms with Gasteiger partial charge in [-0.15, -0.1) is 0 Å². The SMILES string of the molecule is NC(=O)[C@@H]1[C@@H]2C[C@@H]2CN1CC1CC(n2cc(-c3cccc(OCC4CCCCO4)c3)c3c(N)ncnc32)C1. The smallest absolute Gasteiger partial charge is 0.235 e. The highest BCUT2D eigenvalue weighted by Crippen LogP contribution is 2.51. The van der Waals surface area contributed by atoms with Gasteiger partial charge >= 0.3 is 0 Å². The first-order valence-corrected chi connectivity index (χ1v) is 14.0. The highest BCUT2D eigenvalue weighted by Gasteiger charge is 2.55. The summed E-state index contributed by atoms with van der Waals surface area (Å²) in [5.41, 5.74) is 15.1. The Morgan fingerprint density at radius 1 is 1.18 bits per heavy atom. The topological polar surface area (TPSA) is 122 Å². The summed E-state index contributed by atoms with van der Waals surface area (Å²) in [7, 11) is 0. The fourth-order valence-electron chi connectivity index (χ4n) is 7.03. The van der Waals surface area contributed by atoms with E-state index in [9.17, 15) is 4.79 Å². The van der Waals surface area contributed by atoms with E-state index in [1.165, 1.54) is 6.42 Å². The quantitative estimate of drug-likeness (QED) is 0.471. The van der Waals surface area contributed by atoms with Crippen molar-refractivity contribution in [2.45, 2.75) is 56.7 Å². The molecule has 4 fully saturated rings. The summed E-state index contributed by atoms with van der Waals surface area (Å²) in [6, 6.07) is 8.44. The minimum Gasteiger partial charge on any atom is -0.491 e. The number of piperidine rings is 1. The first kappa shape index (κ1) is 23.9. The lowest BCUT2D eigenvalue weighted by atomic mass is 9.79. The van der Waals surface area contributed by atoms with Crippen LogP contribution in [0.2, 0.25) is 0 Å². The van der Waals surface area contributed by atoms with Crippen LogP contribution in [0.5, 0.6) is 5.75 Å². The molecule has 2 aliphatic carbocycles. The van der Waals surface area contributed by atoms with Crippen LogP contribution >= 0.6 is 0 Å². The zero-order valence-electron chi connectivity index (χ0n) is 21.7. The summed E-state index contributed by atoms with van der Waals surface area (Å²) in [6.07, 6.45) is 10.5. The lowest BCUT2D eigenvalue weighted by Crippen LogP contribution is -2.47. The molecule has 9 nitrogen and oxygen atoms in total. The minimum absolute atomic E-state index is 0.0650. The van der Waals surface area contributed by atoms with Crippen LogP contribution in [-0.4, -0.2) is 63.8 Å². The highest BCUT2D eigenvalue weighted by molar-refractivity contribution is 6.00. The molecule has 4 atom stereocenters.